The number of ketones is 1. The molecule has 1 atom stereocenters. The molecule has 3 aromatic rings. The highest BCUT2D eigenvalue weighted by molar-refractivity contribution is 6.52. The number of aliphatic hydroxyl groups is 1. The van der Waals surface area contributed by atoms with Crippen LogP contribution in [0.15, 0.2) is 72.3 Å². The molecule has 1 aliphatic heterocycles. The molecule has 0 bridgehead atoms. The lowest BCUT2D eigenvalue weighted by Gasteiger charge is -2.26. The van der Waals surface area contributed by atoms with Gasteiger partial charge in [0.05, 0.1) is 28.3 Å². The Bertz CT molecular complexity index is 1270. The summed E-state index contributed by atoms with van der Waals surface area (Å²) in [6, 6.07) is 17.2. The first-order valence-corrected chi connectivity index (χ1v) is 11.2. The summed E-state index contributed by atoms with van der Waals surface area (Å²) < 4.78 is 5.56. The Morgan fingerprint density at radius 2 is 1.70 bits per heavy atom. The number of halogens is 3. The predicted octanol–water partition coefficient (Wildman–Crippen LogP) is 6.67. The summed E-state index contributed by atoms with van der Waals surface area (Å²) in [7, 11) is 0. The topological polar surface area (TPSA) is 66.8 Å². The number of ether oxygens (including phenoxy) is 1. The fourth-order valence-electron chi connectivity index (χ4n) is 3.75. The monoisotopic (exact) mass is 501 g/mol. The Morgan fingerprint density at radius 3 is 2.36 bits per heavy atom. The van der Waals surface area contributed by atoms with Crippen LogP contribution in [0.1, 0.15) is 24.1 Å². The second kappa shape index (κ2) is 9.48. The number of rotatable bonds is 5. The number of hydrogen-bond donors (Lipinski definition) is 1. The minimum atomic E-state index is -0.895. The van der Waals surface area contributed by atoms with Crippen molar-refractivity contribution in [3.05, 3.63) is 98.5 Å². The van der Waals surface area contributed by atoms with E-state index in [0.29, 0.717) is 33.7 Å². The van der Waals surface area contributed by atoms with E-state index in [-0.39, 0.29) is 21.9 Å². The predicted molar refractivity (Wildman–Crippen MR) is 130 cm³/mol. The summed E-state index contributed by atoms with van der Waals surface area (Å²) >= 11 is 18.2. The quantitative estimate of drug-likeness (QED) is 0.240. The van der Waals surface area contributed by atoms with Gasteiger partial charge in [-0.25, -0.2) is 0 Å². The molecule has 1 N–H and O–H groups in total. The van der Waals surface area contributed by atoms with Crippen LogP contribution in [0.2, 0.25) is 15.1 Å². The Balaban J connectivity index is 1.93. The Hall–Kier alpha value is -2.99. The van der Waals surface area contributed by atoms with Crippen LogP contribution in [0.25, 0.3) is 5.76 Å². The first-order chi connectivity index (χ1) is 15.8. The SMILES string of the molecule is CCOc1cccc(N2C(=O)C(=O)/C(=C(/O)c3ccc(Cl)c(Cl)c3)C2c2ccc(Cl)cc2)c1. The third-order valence-electron chi connectivity index (χ3n) is 5.23. The number of Topliss-reactive ketones (excluding diaryl/α,β-unsaturated/α-hetero) is 1. The first-order valence-electron chi connectivity index (χ1n) is 10.1. The minimum absolute atomic E-state index is 0.0671. The highest BCUT2D eigenvalue weighted by atomic mass is 35.5. The van der Waals surface area contributed by atoms with Crippen LogP contribution < -0.4 is 9.64 Å². The van der Waals surface area contributed by atoms with Crippen molar-refractivity contribution in [3.63, 3.8) is 0 Å². The first kappa shape index (κ1) is 23.2. The molecule has 0 radical (unpaired) electrons. The van der Waals surface area contributed by atoms with Gasteiger partial charge in [-0.1, -0.05) is 53.0 Å². The van der Waals surface area contributed by atoms with E-state index < -0.39 is 17.7 Å². The van der Waals surface area contributed by atoms with Gasteiger partial charge in [-0.15, -0.1) is 0 Å². The van der Waals surface area contributed by atoms with Crippen LogP contribution in [0, 0.1) is 0 Å². The van der Waals surface area contributed by atoms with E-state index in [2.05, 4.69) is 0 Å². The van der Waals surface area contributed by atoms with Crippen LogP contribution in [-0.4, -0.2) is 23.4 Å². The number of aliphatic hydroxyl groups excluding tert-OH is 1. The van der Waals surface area contributed by atoms with E-state index in [1.165, 1.54) is 23.1 Å². The molecule has 5 nitrogen and oxygen atoms in total. The van der Waals surface area contributed by atoms with Gasteiger partial charge in [0.1, 0.15) is 11.5 Å². The van der Waals surface area contributed by atoms with Crippen molar-refractivity contribution < 1.29 is 19.4 Å². The van der Waals surface area contributed by atoms with Gasteiger partial charge in [0.25, 0.3) is 11.7 Å². The standard InChI is InChI=1S/C25H18Cl3NO4/c1-2-33-18-5-3-4-17(13-18)29-22(14-6-9-16(26)10-7-14)21(24(31)25(29)32)23(30)15-8-11-19(27)20(28)12-15/h3-13,22,30H,2H2,1H3/b23-21+. The maximum Gasteiger partial charge on any atom is 0.300 e. The van der Waals surface area contributed by atoms with Gasteiger partial charge >= 0.3 is 0 Å². The molecule has 0 aliphatic carbocycles. The van der Waals surface area contributed by atoms with E-state index >= 15 is 0 Å². The van der Waals surface area contributed by atoms with E-state index in [9.17, 15) is 14.7 Å². The van der Waals surface area contributed by atoms with Gasteiger partial charge in [0.15, 0.2) is 0 Å². The molecule has 168 valence electrons. The Kier molecular flexibility index (Phi) is 6.66. The molecule has 1 amide bonds. The number of benzene rings is 3. The molecular weight excluding hydrogens is 485 g/mol. The van der Waals surface area contributed by atoms with E-state index in [4.69, 9.17) is 39.5 Å². The van der Waals surface area contributed by atoms with Crippen molar-refractivity contribution in [3.8, 4) is 5.75 Å². The van der Waals surface area contributed by atoms with Gasteiger partial charge in [0, 0.05) is 22.3 Å². The molecule has 1 heterocycles. The van der Waals surface area contributed by atoms with Crippen LogP contribution in [0.4, 0.5) is 5.69 Å². The third kappa shape index (κ3) is 4.44. The molecule has 1 fully saturated rings. The van der Waals surface area contributed by atoms with Crippen LogP contribution >= 0.6 is 34.8 Å². The lowest BCUT2D eigenvalue weighted by molar-refractivity contribution is -0.132. The average molecular weight is 503 g/mol. The summed E-state index contributed by atoms with van der Waals surface area (Å²) in [5, 5.41) is 12.2. The normalized spacial score (nSPS) is 17.5. The van der Waals surface area contributed by atoms with Crippen molar-refractivity contribution in [2.75, 3.05) is 11.5 Å². The van der Waals surface area contributed by atoms with E-state index in [0.717, 1.165) is 0 Å². The maximum absolute atomic E-state index is 13.2. The van der Waals surface area contributed by atoms with Crippen molar-refractivity contribution in [2.24, 2.45) is 0 Å². The highest BCUT2D eigenvalue weighted by Gasteiger charge is 2.47. The molecule has 0 aromatic heterocycles. The molecule has 3 aromatic carbocycles. The number of nitrogens with zero attached hydrogens (tertiary/aromatic N) is 1. The summed E-state index contributed by atoms with van der Waals surface area (Å²) in [5.41, 5.74) is 1.25. The van der Waals surface area contributed by atoms with Crippen LogP contribution in [0.5, 0.6) is 5.75 Å². The fraction of sp³-hybridized carbons (Fsp3) is 0.120. The van der Waals surface area contributed by atoms with Crippen molar-refractivity contribution >= 4 is 57.9 Å². The molecule has 0 saturated carbocycles. The van der Waals surface area contributed by atoms with E-state index in [1.54, 1.807) is 48.5 Å². The Morgan fingerprint density at radius 1 is 0.970 bits per heavy atom. The number of carbonyl (C=O) groups excluding carboxylic acids is 2. The number of amides is 1. The Labute approximate surface area is 205 Å². The second-order valence-electron chi connectivity index (χ2n) is 7.28. The fourth-order valence-corrected chi connectivity index (χ4v) is 4.17. The van der Waals surface area contributed by atoms with Gasteiger partial charge < -0.3 is 9.84 Å². The molecule has 0 spiro atoms. The van der Waals surface area contributed by atoms with Crippen LogP contribution in [-0.2, 0) is 9.59 Å². The van der Waals surface area contributed by atoms with E-state index in [1.807, 2.05) is 6.92 Å². The van der Waals surface area contributed by atoms with Gasteiger partial charge in [-0.05, 0) is 55.0 Å². The van der Waals surface area contributed by atoms with Gasteiger partial charge in [-0.3, -0.25) is 14.5 Å². The largest absolute Gasteiger partial charge is 0.507 e. The van der Waals surface area contributed by atoms with Crippen LogP contribution in [0.3, 0.4) is 0 Å². The van der Waals surface area contributed by atoms with Gasteiger partial charge in [-0.2, -0.15) is 0 Å². The third-order valence-corrected chi connectivity index (χ3v) is 6.22. The zero-order valence-corrected chi connectivity index (χ0v) is 19.7. The minimum Gasteiger partial charge on any atom is -0.507 e. The molecule has 4 rings (SSSR count). The highest BCUT2D eigenvalue weighted by Crippen LogP contribution is 2.43. The lowest BCUT2D eigenvalue weighted by Crippen LogP contribution is -2.29. The number of hydrogen-bond acceptors (Lipinski definition) is 4. The number of anilines is 1. The van der Waals surface area contributed by atoms with Gasteiger partial charge in [0.2, 0.25) is 0 Å². The summed E-state index contributed by atoms with van der Waals surface area (Å²) in [4.78, 5) is 27.7. The summed E-state index contributed by atoms with van der Waals surface area (Å²) in [5.74, 6) is -1.39. The maximum atomic E-state index is 13.2. The van der Waals surface area contributed by atoms with Crippen molar-refractivity contribution in [1.29, 1.82) is 0 Å². The molecule has 33 heavy (non-hydrogen) atoms. The number of carbonyl (C=O) groups is 2. The molecule has 1 unspecified atom stereocenters. The molecular formula is C25H18Cl3NO4. The zero-order valence-electron chi connectivity index (χ0n) is 17.4. The average Bonchev–Trinajstić information content (AvgIpc) is 3.06. The van der Waals surface area contributed by atoms with Crippen molar-refractivity contribution in [1.82, 2.24) is 0 Å². The summed E-state index contributed by atoms with van der Waals surface area (Å²) in [6.45, 7) is 2.30. The molecule has 1 aliphatic rings. The van der Waals surface area contributed by atoms with Crippen molar-refractivity contribution in [2.45, 2.75) is 13.0 Å². The zero-order chi connectivity index (χ0) is 23.7. The molecule has 8 heteroatoms. The summed E-state index contributed by atoms with van der Waals surface area (Å²) in [6.07, 6.45) is 0. The lowest BCUT2D eigenvalue weighted by atomic mass is 9.95. The molecule has 1 saturated heterocycles. The smallest absolute Gasteiger partial charge is 0.300 e. The second-order valence-corrected chi connectivity index (χ2v) is 8.53.